The smallest absolute Gasteiger partial charge is 0.207 e. The lowest BCUT2D eigenvalue weighted by Gasteiger charge is -2.13. The highest BCUT2D eigenvalue weighted by molar-refractivity contribution is 5.82. The Hall–Kier alpha value is -1.44. The van der Waals surface area contributed by atoms with Gasteiger partial charge in [0.15, 0.2) is 0 Å². The summed E-state index contributed by atoms with van der Waals surface area (Å²) in [5, 5.41) is 2.27. The number of rotatable bonds is 4. The SMILES string of the molecule is CCC(F)(F)CCc1ccc2ccccc2c1. The summed E-state index contributed by atoms with van der Waals surface area (Å²) in [6, 6.07) is 13.9. The number of alkyl halides is 2. The molecule has 0 N–H and O–H groups in total. The molecule has 2 aromatic rings. The molecular weight excluding hydrogens is 218 g/mol. The van der Waals surface area contributed by atoms with Crippen molar-refractivity contribution in [3.05, 3.63) is 48.0 Å². The zero-order valence-corrected chi connectivity index (χ0v) is 9.92. The van der Waals surface area contributed by atoms with Gasteiger partial charge in [0.05, 0.1) is 0 Å². The fourth-order valence-corrected chi connectivity index (χ4v) is 1.90. The Balaban J connectivity index is 2.14. The van der Waals surface area contributed by atoms with Crippen LogP contribution in [0.1, 0.15) is 25.3 Å². The molecule has 0 saturated heterocycles. The maximum Gasteiger partial charge on any atom is 0.248 e. The Bertz CT molecular complexity index is 503. The van der Waals surface area contributed by atoms with Gasteiger partial charge in [0.25, 0.3) is 0 Å². The van der Waals surface area contributed by atoms with Gasteiger partial charge in [-0.25, -0.2) is 8.78 Å². The van der Waals surface area contributed by atoms with Crippen LogP contribution in [0.2, 0.25) is 0 Å². The molecule has 0 atom stereocenters. The molecule has 0 fully saturated rings. The van der Waals surface area contributed by atoms with Crippen molar-refractivity contribution in [3.63, 3.8) is 0 Å². The first-order chi connectivity index (χ1) is 8.11. The summed E-state index contributed by atoms with van der Waals surface area (Å²) in [5.74, 6) is -2.54. The highest BCUT2D eigenvalue weighted by atomic mass is 19.3. The fourth-order valence-electron chi connectivity index (χ4n) is 1.90. The first-order valence-corrected chi connectivity index (χ1v) is 5.96. The van der Waals surface area contributed by atoms with Crippen molar-refractivity contribution in [1.82, 2.24) is 0 Å². The third kappa shape index (κ3) is 3.02. The Morgan fingerprint density at radius 1 is 1.00 bits per heavy atom. The maximum atomic E-state index is 13.2. The van der Waals surface area contributed by atoms with Crippen LogP contribution < -0.4 is 0 Å². The van der Waals surface area contributed by atoms with Crippen LogP contribution in [0.15, 0.2) is 42.5 Å². The number of hydrogen-bond acceptors (Lipinski definition) is 0. The van der Waals surface area contributed by atoms with E-state index in [1.54, 1.807) is 0 Å². The summed E-state index contributed by atoms with van der Waals surface area (Å²) in [7, 11) is 0. The second kappa shape index (κ2) is 4.82. The minimum absolute atomic E-state index is 0.0676. The molecule has 0 amide bonds. The topological polar surface area (TPSA) is 0 Å². The lowest BCUT2D eigenvalue weighted by molar-refractivity contribution is -0.0110. The zero-order chi connectivity index (χ0) is 12.3. The zero-order valence-electron chi connectivity index (χ0n) is 9.92. The largest absolute Gasteiger partial charge is 0.248 e. The number of fused-ring (bicyclic) bond motifs is 1. The Morgan fingerprint density at radius 2 is 1.71 bits per heavy atom. The van der Waals surface area contributed by atoms with E-state index >= 15 is 0 Å². The summed E-state index contributed by atoms with van der Waals surface area (Å²) in [4.78, 5) is 0. The molecule has 17 heavy (non-hydrogen) atoms. The van der Waals surface area contributed by atoms with E-state index in [0.717, 1.165) is 16.3 Å². The highest BCUT2D eigenvalue weighted by Crippen LogP contribution is 2.25. The van der Waals surface area contributed by atoms with Gasteiger partial charge in [0.2, 0.25) is 5.92 Å². The lowest BCUT2D eigenvalue weighted by Crippen LogP contribution is -2.15. The van der Waals surface area contributed by atoms with E-state index in [-0.39, 0.29) is 12.8 Å². The van der Waals surface area contributed by atoms with E-state index in [4.69, 9.17) is 0 Å². The summed E-state index contributed by atoms with van der Waals surface area (Å²) in [5.41, 5.74) is 0.983. The molecule has 0 nitrogen and oxygen atoms in total. The Labute approximate surface area is 100 Å². The molecule has 0 aromatic heterocycles. The van der Waals surface area contributed by atoms with E-state index < -0.39 is 5.92 Å². The van der Waals surface area contributed by atoms with Crippen molar-refractivity contribution in [3.8, 4) is 0 Å². The van der Waals surface area contributed by atoms with Gasteiger partial charge in [0.1, 0.15) is 0 Å². The molecule has 2 aromatic carbocycles. The van der Waals surface area contributed by atoms with Crippen molar-refractivity contribution in [2.24, 2.45) is 0 Å². The van der Waals surface area contributed by atoms with E-state index in [2.05, 4.69) is 0 Å². The van der Waals surface area contributed by atoms with Gasteiger partial charge in [-0.05, 0) is 22.8 Å². The van der Waals surface area contributed by atoms with Gasteiger partial charge >= 0.3 is 0 Å². The van der Waals surface area contributed by atoms with Crippen molar-refractivity contribution in [1.29, 1.82) is 0 Å². The number of hydrogen-bond donors (Lipinski definition) is 0. The van der Waals surface area contributed by atoms with Crippen LogP contribution >= 0.6 is 0 Å². The fraction of sp³-hybridized carbons (Fsp3) is 0.333. The normalized spacial score (nSPS) is 11.9. The van der Waals surface area contributed by atoms with Gasteiger partial charge in [-0.2, -0.15) is 0 Å². The van der Waals surface area contributed by atoms with Crippen LogP contribution in [0, 0.1) is 0 Å². The number of aryl methyl sites for hydroxylation is 1. The molecule has 90 valence electrons. The monoisotopic (exact) mass is 234 g/mol. The first kappa shape index (κ1) is 12.0. The second-order valence-electron chi connectivity index (χ2n) is 4.39. The predicted molar refractivity (Wildman–Crippen MR) is 67.5 cm³/mol. The third-order valence-electron chi connectivity index (χ3n) is 3.11. The third-order valence-corrected chi connectivity index (χ3v) is 3.11. The number of benzene rings is 2. The summed E-state index contributed by atoms with van der Waals surface area (Å²) >= 11 is 0. The van der Waals surface area contributed by atoms with Crippen LogP contribution in [0.5, 0.6) is 0 Å². The standard InChI is InChI=1S/C15H16F2/c1-2-15(16,17)10-9-12-7-8-13-5-3-4-6-14(13)11-12/h3-8,11H,2,9-10H2,1H3. The second-order valence-corrected chi connectivity index (χ2v) is 4.39. The average Bonchev–Trinajstić information content (AvgIpc) is 2.36. The van der Waals surface area contributed by atoms with Gasteiger partial charge < -0.3 is 0 Å². The van der Waals surface area contributed by atoms with Gasteiger partial charge in [-0.3, -0.25) is 0 Å². The Kier molecular flexibility index (Phi) is 3.41. The van der Waals surface area contributed by atoms with Crippen LogP contribution in [0.3, 0.4) is 0 Å². The molecule has 0 spiro atoms. The van der Waals surface area contributed by atoms with Crippen molar-refractivity contribution < 1.29 is 8.78 Å². The first-order valence-electron chi connectivity index (χ1n) is 5.96. The molecule has 0 unspecified atom stereocenters. The lowest BCUT2D eigenvalue weighted by atomic mass is 10.0. The quantitative estimate of drug-likeness (QED) is 0.711. The molecule has 0 saturated carbocycles. The molecule has 0 heterocycles. The van der Waals surface area contributed by atoms with Gasteiger partial charge in [-0.15, -0.1) is 0 Å². The average molecular weight is 234 g/mol. The summed E-state index contributed by atoms with van der Waals surface area (Å²) in [6.07, 6.45) is 0.286. The molecule has 2 heteroatoms. The minimum Gasteiger partial charge on any atom is -0.207 e. The van der Waals surface area contributed by atoms with E-state index in [1.165, 1.54) is 6.92 Å². The van der Waals surface area contributed by atoms with Gasteiger partial charge in [0, 0.05) is 12.8 Å². The molecule has 0 radical (unpaired) electrons. The summed E-state index contributed by atoms with van der Waals surface area (Å²) in [6.45, 7) is 1.53. The number of halogens is 2. The van der Waals surface area contributed by atoms with Crippen LogP contribution in [0.25, 0.3) is 10.8 Å². The van der Waals surface area contributed by atoms with Crippen molar-refractivity contribution in [2.45, 2.75) is 32.1 Å². The molecular formula is C15H16F2. The van der Waals surface area contributed by atoms with Crippen LogP contribution in [-0.4, -0.2) is 5.92 Å². The summed E-state index contributed by atoms with van der Waals surface area (Å²) < 4.78 is 26.3. The highest BCUT2D eigenvalue weighted by Gasteiger charge is 2.25. The molecule has 2 rings (SSSR count). The van der Waals surface area contributed by atoms with Gasteiger partial charge in [-0.1, -0.05) is 49.4 Å². The maximum absolute atomic E-state index is 13.2. The molecule has 0 aliphatic rings. The van der Waals surface area contributed by atoms with Crippen LogP contribution in [0.4, 0.5) is 8.78 Å². The predicted octanol–water partition coefficient (Wildman–Crippen LogP) is 4.82. The minimum atomic E-state index is -2.54. The molecule has 0 aliphatic carbocycles. The van der Waals surface area contributed by atoms with E-state index in [0.29, 0.717) is 6.42 Å². The van der Waals surface area contributed by atoms with Crippen molar-refractivity contribution in [2.75, 3.05) is 0 Å². The van der Waals surface area contributed by atoms with E-state index in [1.807, 2.05) is 42.5 Å². The molecule has 0 bridgehead atoms. The van der Waals surface area contributed by atoms with E-state index in [9.17, 15) is 8.78 Å². The molecule has 0 aliphatic heterocycles. The van der Waals surface area contributed by atoms with Crippen LogP contribution in [-0.2, 0) is 6.42 Å². The van der Waals surface area contributed by atoms with Crippen molar-refractivity contribution >= 4 is 10.8 Å². The Morgan fingerprint density at radius 3 is 2.41 bits per heavy atom.